The van der Waals surface area contributed by atoms with E-state index in [0.717, 1.165) is 22.7 Å². The van der Waals surface area contributed by atoms with E-state index in [1.165, 1.54) is 0 Å². The fraction of sp³-hybridized carbons (Fsp3) is 0.200. The van der Waals surface area contributed by atoms with Gasteiger partial charge in [0.1, 0.15) is 5.75 Å². The Balaban J connectivity index is 2.17. The van der Waals surface area contributed by atoms with Crippen molar-refractivity contribution in [2.45, 2.75) is 19.4 Å². The fourth-order valence-corrected chi connectivity index (χ4v) is 2.10. The highest BCUT2D eigenvalue weighted by Crippen LogP contribution is 2.25. The third kappa shape index (κ3) is 3.17. The van der Waals surface area contributed by atoms with Gasteiger partial charge < -0.3 is 10.4 Å². The first-order valence-electron chi connectivity index (χ1n) is 6.00. The van der Waals surface area contributed by atoms with E-state index in [1.54, 1.807) is 12.1 Å². The lowest BCUT2D eigenvalue weighted by atomic mass is 10.0. The summed E-state index contributed by atoms with van der Waals surface area (Å²) in [5, 5.41) is 13.4. The molecule has 18 heavy (non-hydrogen) atoms. The van der Waals surface area contributed by atoms with Crippen LogP contribution >= 0.6 is 11.6 Å². The minimum Gasteiger partial charge on any atom is -0.508 e. The van der Waals surface area contributed by atoms with Gasteiger partial charge in [0, 0.05) is 10.7 Å². The Labute approximate surface area is 112 Å². The fourth-order valence-electron chi connectivity index (χ4n) is 1.90. The van der Waals surface area contributed by atoms with Gasteiger partial charge in [-0.1, -0.05) is 30.7 Å². The summed E-state index contributed by atoms with van der Waals surface area (Å²) in [7, 11) is 0. The van der Waals surface area contributed by atoms with Crippen LogP contribution in [0.1, 0.15) is 24.9 Å². The molecule has 0 saturated heterocycles. The zero-order valence-corrected chi connectivity index (χ0v) is 11.0. The maximum absolute atomic E-state index is 9.26. The molecule has 2 rings (SSSR count). The molecule has 1 atom stereocenters. The quantitative estimate of drug-likeness (QED) is 0.788. The van der Waals surface area contributed by atoms with E-state index in [0.29, 0.717) is 0 Å². The van der Waals surface area contributed by atoms with Gasteiger partial charge in [0.25, 0.3) is 0 Å². The Morgan fingerprint density at radius 3 is 2.50 bits per heavy atom. The molecule has 0 radical (unpaired) electrons. The molecule has 0 spiro atoms. The largest absolute Gasteiger partial charge is 0.508 e. The van der Waals surface area contributed by atoms with Gasteiger partial charge in [-0.3, -0.25) is 0 Å². The van der Waals surface area contributed by atoms with Gasteiger partial charge in [-0.25, -0.2) is 0 Å². The summed E-state index contributed by atoms with van der Waals surface area (Å²) < 4.78 is 0. The van der Waals surface area contributed by atoms with Crippen LogP contribution in [0.5, 0.6) is 5.75 Å². The molecule has 2 aromatic carbocycles. The van der Waals surface area contributed by atoms with E-state index in [4.69, 9.17) is 11.6 Å². The van der Waals surface area contributed by atoms with Crippen LogP contribution in [0, 0.1) is 0 Å². The first-order chi connectivity index (χ1) is 8.69. The van der Waals surface area contributed by atoms with E-state index in [9.17, 15) is 5.11 Å². The lowest BCUT2D eigenvalue weighted by Crippen LogP contribution is -2.09. The minimum absolute atomic E-state index is 0.216. The van der Waals surface area contributed by atoms with Crippen LogP contribution in [-0.4, -0.2) is 5.11 Å². The first kappa shape index (κ1) is 12.8. The smallest absolute Gasteiger partial charge is 0.115 e. The average molecular weight is 262 g/mol. The number of phenols is 1. The highest BCUT2D eigenvalue weighted by Gasteiger charge is 2.09. The molecule has 0 bridgehead atoms. The van der Waals surface area contributed by atoms with Crippen LogP contribution in [0.25, 0.3) is 0 Å². The molecular weight excluding hydrogens is 246 g/mol. The summed E-state index contributed by atoms with van der Waals surface area (Å²) in [5.74, 6) is 0.274. The van der Waals surface area contributed by atoms with Crippen molar-refractivity contribution in [3.8, 4) is 5.75 Å². The van der Waals surface area contributed by atoms with E-state index in [1.807, 2.05) is 30.3 Å². The van der Waals surface area contributed by atoms with Crippen LogP contribution in [0.2, 0.25) is 5.02 Å². The molecule has 0 aliphatic rings. The number of benzene rings is 2. The van der Waals surface area contributed by atoms with Crippen molar-refractivity contribution in [3.05, 3.63) is 59.1 Å². The Kier molecular flexibility index (Phi) is 4.11. The maximum atomic E-state index is 9.26. The molecule has 0 amide bonds. The number of aromatic hydroxyl groups is 1. The predicted octanol–water partition coefficient (Wildman–Crippen LogP) is 4.61. The monoisotopic (exact) mass is 261 g/mol. The highest BCUT2D eigenvalue weighted by molar-refractivity contribution is 6.30. The van der Waals surface area contributed by atoms with Gasteiger partial charge in [-0.15, -0.1) is 0 Å². The van der Waals surface area contributed by atoms with E-state index < -0.39 is 0 Å². The predicted molar refractivity (Wildman–Crippen MR) is 76.2 cm³/mol. The molecule has 0 fully saturated rings. The number of rotatable bonds is 4. The molecule has 2 N–H and O–H groups in total. The van der Waals surface area contributed by atoms with Crippen molar-refractivity contribution in [2.24, 2.45) is 0 Å². The van der Waals surface area contributed by atoms with Gasteiger partial charge in [-0.2, -0.15) is 0 Å². The van der Waals surface area contributed by atoms with Crippen LogP contribution < -0.4 is 5.32 Å². The van der Waals surface area contributed by atoms with Gasteiger partial charge in [0.15, 0.2) is 0 Å². The van der Waals surface area contributed by atoms with E-state index >= 15 is 0 Å². The van der Waals surface area contributed by atoms with Crippen LogP contribution in [0.3, 0.4) is 0 Å². The number of anilines is 1. The van der Waals surface area contributed by atoms with Crippen molar-refractivity contribution in [2.75, 3.05) is 5.32 Å². The minimum atomic E-state index is 0.216. The van der Waals surface area contributed by atoms with Crippen molar-refractivity contribution >= 4 is 17.3 Å². The molecule has 2 nitrogen and oxygen atoms in total. The number of halogens is 1. The zero-order chi connectivity index (χ0) is 13.0. The normalized spacial score (nSPS) is 12.1. The SMILES string of the molecule is CCC(Nc1ccc(O)cc1)c1cccc(Cl)c1. The van der Waals surface area contributed by atoms with Gasteiger partial charge in [-0.05, 0) is 48.4 Å². The number of phenolic OH excluding ortho intramolecular Hbond substituents is 1. The molecular formula is C15H16ClNO. The Hall–Kier alpha value is -1.67. The third-order valence-electron chi connectivity index (χ3n) is 2.87. The molecule has 0 saturated carbocycles. The topological polar surface area (TPSA) is 32.3 Å². The van der Waals surface area contributed by atoms with Crippen molar-refractivity contribution in [3.63, 3.8) is 0 Å². The molecule has 0 heterocycles. The molecule has 1 unspecified atom stereocenters. The maximum Gasteiger partial charge on any atom is 0.115 e. The first-order valence-corrected chi connectivity index (χ1v) is 6.38. The highest BCUT2D eigenvalue weighted by atomic mass is 35.5. The van der Waals surface area contributed by atoms with Crippen molar-refractivity contribution in [1.82, 2.24) is 0 Å². The zero-order valence-electron chi connectivity index (χ0n) is 10.2. The van der Waals surface area contributed by atoms with Gasteiger partial charge >= 0.3 is 0 Å². The summed E-state index contributed by atoms with van der Waals surface area (Å²) >= 11 is 6.01. The number of hydrogen-bond donors (Lipinski definition) is 2. The number of hydrogen-bond acceptors (Lipinski definition) is 2. The van der Waals surface area contributed by atoms with Crippen molar-refractivity contribution < 1.29 is 5.11 Å². The lowest BCUT2D eigenvalue weighted by molar-refractivity contribution is 0.475. The van der Waals surface area contributed by atoms with Crippen LogP contribution in [-0.2, 0) is 0 Å². The lowest BCUT2D eigenvalue weighted by Gasteiger charge is -2.19. The summed E-state index contributed by atoms with van der Waals surface area (Å²) in [6.45, 7) is 2.12. The second-order valence-corrected chi connectivity index (χ2v) is 4.64. The third-order valence-corrected chi connectivity index (χ3v) is 3.10. The average Bonchev–Trinajstić information content (AvgIpc) is 2.38. The summed E-state index contributed by atoms with van der Waals surface area (Å²) in [6, 6.07) is 15.2. The van der Waals surface area contributed by atoms with Gasteiger partial charge in [0.05, 0.1) is 6.04 Å². The molecule has 0 aromatic heterocycles. The van der Waals surface area contributed by atoms with Crippen LogP contribution in [0.15, 0.2) is 48.5 Å². The second kappa shape index (κ2) is 5.78. The molecule has 0 aliphatic heterocycles. The second-order valence-electron chi connectivity index (χ2n) is 4.21. The molecule has 3 heteroatoms. The molecule has 94 valence electrons. The van der Waals surface area contributed by atoms with E-state index in [-0.39, 0.29) is 11.8 Å². The molecule has 2 aromatic rings. The molecule has 0 aliphatic carbocycles. The van der Waals surface area contributed by atoms with Crippen LogP contribution in [0.4, 0.5) is 5.69 Å². The Morgan fingerprint density at radius 2 is 1.89 bits per heavy atom. The summed E-state index contributed by atoms with van der Waals surface area (Å²) in [6.07, 6.45) is 0.960. The van der Waals surface area contributed by atoms with E-state index in [2.05, 4.69) is 18.3 Å². The summed E-state index contributed by atoms with van der Waals surface area (Å²) in [5.41, 5.74) is 2.15. The van der Waals surface area contributed by atoms with Gasteiger partial charge in [0.2, 0.25) is 0 Å². The standard InChI is InChI=1S/C15H16ClNO/c1-2-15(11-4-3-5-12(16)10-11)17-13-6-8-14(18)9-7-13/h3-10,15,17-18H,2H2,1H3. The summed E-state index contributed by atoms with van der Waals surface area (Å²) in [4.78, 5) is 0. The van der Waals surface area contributed by atoms with Crippen molar-refractivity contribution in [1.29, 1.82) is 0 Å². The Morgan fingerprint density at radius 1 is 1.17 bits per heavy atom. The Bertz CT molecular complexity index is 510. The number of nitrogens with one attached hydrogen (secondary N) is 1.